The van der Waals surface area contributed by atoms with Crippen molar-refractivity contribution in [1.82, 2.24) is 4.90 Å². The lowest BCUT2D eigenvalue weighted by Crippen LogP contribution is -2.53. The van der Waals surface area contributed by atoms with Crippen LogP contribution in [0.4, 0.5) is 15.8 Å². The molecule has 0 aromatic heterocycles. The number of hydrogen-bond acceptors (Lipinski definition) is 3. The van der Waals surface area contributed by atoms with E-state index in [4.69, 9.17) is 0 Å². The van der Waals surface area contributed by atoms with E-state index in [1.165, 1.54) is 23.4 Å². The lowest BCUT2D eigenvalue weighted by molar-refractivity contribution is -0.121. The third kappa shape index (κ3) is 4.22. The third-order valence-electron chi connectivity index (χ3n) is 5.01. The average Bonchev–Trinajstić information content (AvgIpc) is 2.65. The Hall–Kier alpha value is -2.40. The number of anilines is 2. The summed E-state index contributed by atoms with van der Waals surface area (Å²) in [5, 5.41) is 2.91. The molecule has 0 aliphatic carbocycles. The number of nitrogens with zero attached hydrogens (tertiary/aromatic N) is 2. The van der Waals surface area contributed by atoms with Gasteiger partial charge in [-0.3, -0.25) is 9.69 Å². The van der Waals surface area contributed by atoms with Crippen LogP contribution in [0.15, 0.2) is 48.5 Å². The van der Waals surface area contributed by atoms with E-state index in [1.807, 2.05) is 6.92 Å². The van der Waals surface area contributed by atoms with Crippen LogP contribution in [-0.4, -0.2) is 43.0 Å². The summed E-state index contributed by atoms with van der Waals surface area (Å²) in [7, 11) is 0. The Balaban J connectivity index is 1.60. The molecule has 2 aromatic rings. The first kappa shape index (κ1) is 18.4. The van der Waals surface area contributed by atoms with Crippen LogP contribution in [-0.2, 0) is 4.79 Å². The molecule has 1 unspecified atom stereocenters. The van der Waals surface area contributed by atoms with Crippen molar-refractivity contribution in [2.45, 2.75) is 26.3 Å². The van der Waals surface area contributed by atoms with Gasteiger partial charge in [0, 0.05) is 37.6 Å². The molecule has 3 rings (SSSR count). The molecule has 0 spiro atoms. The fourth-order valence-corrected chi connectivity index (χ4v) is 3.56. The van der Waals surface area contributed by atoms with E-state index < -0.39 is 0 Å². The topological polar surface area (TPSA) is 35.6 Å². The number of benzene rings is 2. The van der Waals surface area contributed by atoms with E-state index in [1.54, 1.807) is 12.1 Å². The minimum absolute atomic E-state index is 0.0246. The molecule has 1 aliphatic heterocycles. The van der Waals surface area contributed by atoms with Crippen LogP contribution in [0.25, 0.3) is 0 Å². The second-order valence-electron chi connectivity index (χ2n) is 6.73. The fraction of sp³-hybridized carbons (Fsp3) is 0.381. The van der Waals surface area contributed by atoms with Gasteiger partial charge in [-0.15, -0.1) is 0 Å². The monoisotopic (exact) mass is 355 g/mol. The molecular weight excluding hydrogens is 329 g/mol. The molecule has 2 aromatic carbocycles. The second kappa shape index (κ2) is 8.32. The number of rotatable bonds is 5. The molecule has 0 radical (unpaired) electrons. The largest absolute Gasteiger partial charge is 0.369 e. The summed E-state index contributed by atoms with van der Waals surface area (Å²) >= 11 is 0. The number of halogens is 1. The van der Waals surface area contributed by atoms with E-state index in [9.17, 15) is 9.18 Å². The SMILES string of the molecule is CCC(C(=O)Nc1ccc(F)cc1)N1CCN(c2ccccc2C)CC1. The molecule has 0 saturated carbocycles. The van der Waals surface area contributed by atoms with Crippen molar-refractivity contribution >= 4 is 17.3 Å². The zero-order chi connectivity index (χ0) is 18.5. The first-order chi connectivity index (χ1) is 12.6. The number of carbonyl (C=O) groups excluding carboxylic acids is 1. The molecule has 4 nitrogen and oxygen atoms in total. The Labute approximate surface area is 154 Å². The van der Waals surface area contributed by atoms with Gasteiger partial charge in [0.2, 0.25) is 5.91 Å². The van der Waals surface area contributed by atoms with Gasteiger partial charge in [0.25, 0.3) is 0 Å². The Bertz CT molecular complexity index is 739. The van der Waals surface area contributed by atoms with Gasteiger partial charge in [-0.25, -0.2) is 4.39 Å². The summed E-state index contributed by atoms with van der Waals surface area (Å²) in [6.45, 7) is 7.68. The summed E-state index contributed by atoms with van der Waals surface area (Å²) in [6, 6.07) is 14.2. The van der Waals surface area contributed by atoms with Crippen LogP contribution in [0.3, 0.4) is 0 Å². The molecule has 5 heteroatoms. The molecule has 0 bridgehead atoms. The maximum Gasteiger partial charge on any atom is 0.241 e. The molecule has 1 heterocycles. The van der Waals surface area contributed by atoms with Crippen LogP contribution in [0.1, 0.15) is 18.9 Å². The minimum Gasteiger partial charge on any atom is -0.369 e. The third-order valence-corrected chi connectivity index (χ3v) is 5.01. The van der Waals surface area contributed by atoms with Gasteiger partial charge < -0.3 is 10.2 Å². The highest BCUT2D eigenvalue weighted by atomic mass is 19.1. The quantitative estimate of drug-likeness (QED) is 0.889. The number of carbonyl (C=O) groups is 1. The van der Waals surface area contributed by atoms with Crippen molar-refractivity contribution in [3.05, 3.63) is 59.9 Å². The van der Waals surface area contributed by atoms with Crippen molar-refractivity contribution in [3.63, 3.8) is 0 Å². The molecule has 1 atom stereocenters. The Morgan fingerprint density at radius 2 is 1.73 bits per heavy atom. The van der Waals surface area contributed by atoms with Crippen molar-refractivity contribution in [2.24, 2.45) is 0 Å². The normalized spacial score (nSPS) is 16.3. The second-order valence-corrected chi connectivity index (χ2v) is 6.73. The van der Waals surface area contributed by atoms with Gasteiger partial charge in [0.1, 0.15) is 5.82 Å². The predicted molar refractivity (Wildman–Crippen MR) is 104 cm³/mol. The first-order valence-electron chi connectivity index (χ1n) is 9.19. The Morgan fingerprint density at radius 1 is 1.08 bits per heavy atom. The van der Waals surface area contributed by atoms with Crippen LogP contribution in [0.5, 0.6) is 0 Å². The minimum atomic E-state index is -0.303. The highest BCUT2D eigenvalue weighted by Gasteiger charge is 2.28. The van der Waals surface area contributed by atoms with Gasteiger partial charge in [-0.05, 0) is 49.2 Å². The van der Waals surface area contributed by atoms with Crippen molar-refractivity contribution in [3.8, 4) is 0 Å². The molecule has 26 heavy (non-hydrogen) atoms. The van der Waals surface area contributed by atoms with E-state index in [0.717, 1.165) is 32.6 Å². The van der Waals surface area contributed by atoms with Gasteiger partial charge in [-0.2, -0.15) is 0 Å². The highest BCUT2D eigenvalue weighted by Crippen LogP contribution is 2.22. The predicted octanol–water partition coefficient (Wildman–Crippen LogP) is 3.67. The van der Waals surface area contributed by atoms with Crippen molar-refractivity contribution in [2.75, 3.05) is 36.4 Å². The smallest absolute Gasteiger partial charge is 0.241 e. The number of piperazine rings is 1. The van der Waals surface area contributed by atoms with Gasteiger partial charge in [0.15, 0.2) is 0 Å². The van der Waals surface area contributed by atoms with E-state index in [2.05, 4.69) is 46.3 Å². The van der Waals surface area contributed by atoms with E-state index in [-0.39, 0.29) is 17.8 Å². The first-order valence-corrected chi connectivity index (χ1v) is 9.19. The zero-order valence-corrected chi connectivity index (χ0v) is 15.4. The van der Waals surface area contributed by atoms with E-state index in [0.29, 0.717) is 5.69 Å². The lowest BCUT2D eigenvalue weighted by atomic mass is 10.1. The standard InChI is InChI=1S/C21H26FN3O/c1-3-19(21(26)23-18-10-8-17(22)9-11-18)24-12-14-25(15-13-24)20-7-5-4-6-16(20)2/h4-11,19H,3,12-15H2,1-2H3,(H,23,26). The zero-order valence-electron chi connectivity index (χ0n) is 15.4. The number of hydrogen-bond donors (Lipinski definition) is 1. The number of amides is 1. The molecule has 1 amide bonds. The maximum atomic E-state index is 13.0. The van der Waals surface area contributed by atoms with E-state index >= 15 is 0 Å². The summed E-state index contributed by atoms with van der Waals surface area (Å²) < 4.78 is 13.0. The molecule has 1 N–H and O–H groups in total. The fourth-order valence-electron chi connectivity index (χ4n) is 3.56. The van der Waals surface area contributed by atoms with Crippen LogP contribution >= 0.6 is 0 Å². The number of nitrogens with one attached hydrogen (secondary N) is 1. The van der Waals surface area contributed by atoms with Gasteiger partial charge in [-0.1, -0.05) is 25.1 Å². The Kier molecular flexibility index (Phi) is 5.89. The Morgan fingerprint density at radius 3 is 2.35 bits per heavy atom. The number of para-hydroxylation sites is 1. The number of aryl methyl sites for hydroxylation is 1. The summed E-state index contributed by atoms with van der Waals surface area (Å²) in [5.74, 6) is -0.328. The summed E-state index contributed by atoms with van der Waals surface area (Å²) in [6.07, 6.45) is 0.747. The maximum absolute atomic E-state index is 13.0. The molecule has 1 fully saturated rings. The highest BCUT2D eigenvalue weighted by molar-refractivity contribution is 5.94. The van der Waals surface area contributed by atoms with Gasteiger partial charge >= 0.3 is 0 Å². The van der Waals surface area contributed by atoms with Crippen LogP contribution < -0.4 is 10.2 Å². The lowest BCUT2D eigenvalue weighted by Gasteiger charge is -2.39. The molecule has 138 valence electrons. The summed E-state index contributed by atoms with van der Waals surface area (Å²) in [4.78, 5) is 17.3. The van der Waals surface area contributed by atoms with Gasteiger partial charge in [0.05, 0.1) is 6.04 Å². The molecule has 1 saturated heterocycles. The van der Waals surface area contributed by atoms with Crippen LogP contribution in [0.2, 0.25) is 0 Å². The molecular formula is C21H26FN3O. The molecule has 1 aliphatic rings. The van der Waals surface area contributed by atoms with Crippen LogP contribution in [0, 0.1) is 12.7 Å². The summed E-state index contributed by atoms with van der Waals surface area (Å²) in [5.41, 5.74) is 3.19. The average molecular weight is 355 g/mol. The van der Waals surface area contributed by atoms with Crippen molar-refractivity contribution < 1.29 is 9.18 Å². The van der Waals surface area contributed by atoms with Crippen molar-refractivity contribution in [1.29, 1.82) is 0 Å².